The van der Waals surface area contributed by atoms with Gasteiger partial charge in [0.05, 0.1) is 0 Å². The fraction of sp³-hybridized carbons (Fsp3) is 0.797. The molecule has 0 amide bonds. The monoisotopic (exact) mass is 979 g/mol. The van der Waals surface area contributed by atoms with Gasteiger partial charge in [-0.3, -0.25) is 14.4 Å². The SMILES string of the molecule is CCCCCC/C=C\C/C=C\CCCCCCCC(=O)OC(COC(=O)CCCCCCCCCC/C=C\C/C=C\C/C=C\CCCCCCC)COC(=O)CCCCCCCCCCCCCCC. The van der Waals surface area contributed by atoms with Crippen LogP contribution in [0.15, 0.2) is 60.8 Å². The molecule has 0 aromatic heterocycles. The fourth-order valence-corrected chi connectivity index (χ4v) is 8.66. The second kappa shape index (κ2) is 58.7. The van der Waals surface area contributed by atoms with Gasteiger partial charge < -0.3 is 14.2 Å². The standard InChI is InChI=1S/C64H114O6/c1-4-7-10-13-16-19-22-25-27-29-30-31-32-33-34-35-37-39-42-45-48-51-54-57-63(66)69-60-61(59-68-62(65)56-53-50-47-44-41-38-24-21-18-15-12-9-6-3)70-64(67)58-55-52-49-46-43-40-36-28-26-23-20-17-14-11-8-5-2/h20,22-23,25,28-30,32-33,36,61H,4-19,21,24,26-27,31,34-35,37-60H2,1-3H3/b23-20-,25-22-,30-29-,33-32-,36-28-. The zero-order valence-corrected chi connectivity index (χ0v) is 46.5. The summed E-state index contributed by atoms with van der Waals surface area (Å²) in [6.45, 7) is 6.62. The molecule has 0 saturated heterocycles. The first-order chi connectivity index (χ1) is 34.5. The lowest BCUT2D eigenvalue weighted by Gasteiger charge is -2.18. The summed E-state index contributed by atoms with van der Waals surface area (Å²) in [5.74, 6) is -0.888. The fourth-order valence-electron chi connectivity index (χ4n) is 8.66. The number of esters is 3. The summed E-state index contributed by atoms with van der Waals surface area (Å²) >= 11 is 0. The minimum absolute atomic E-state index is 0.0797. The van der Waals surface area contributed by atoms with E-state index < -0.39 is 6.10 Å². The quantitative estimate of drug-likeness (QED) is 0.0261. The van der Waals surface area contributed by atoms with E-state index in [1.807, 2.05) is 0 Å². The molecule has 0 rings (SSSR count). The molecule has 6 heteroatoms. The van der Waals surface area contributed by atoms with E-state index in [-0.39, 0.29) is 31.1 Å². The lowest BCUT2D eigenvalue weighted by Crippen LogP contribution is -2.30. The van der Waals surface area contributed by atoms with E-state index >= 15 is 0 Å². The van der Waals surface area contributed by atoms with Crippen molar-refractivity contribution < 1.29 is 28.6 Å². The van der Waals surface area contributed by atoms with Crippen molar-refractivity contribution in [3.8, 4) is 0 Å². The molecule has 0 radical (unpaired) electrons. The van der Waals surface area contributed by atoms with E-state index in [1.54, 1.807) is 0 Å². The minimum atomic E-state index is -0.783. The maximum atomic E-state index is 12.9. The molecule has 0 aliphatic carbocycles. The van der Waals surface area contributed by atoms with Crippen molar-refractivity contribution in [1.29, 1.82) is 0 Å². The largest absolute Gasteiger partial charge is 0.462 e. The normalized spacial score (nSPS) is 12.4. The molecule has 0 aliphatic heterocycles. The van der Waals surface area contributed by atoms with Crippen LogP contribution in [-0.4, -0.2) is 37.2 Å². The van der Waals surface area contributed by atoms with Gasteiger partial charge in [0.15, 0.2) is 6.10 Å². The van der Waals surface area contributed by atoms with Gasteiger partial charge in [0, 0.05) is 19.3 Å². The zero-order chi connectivity index (χ0) is 50.7. The van der Waals surface area contributed by atoms with Gasteiger partial charge in [0.1, 0.15) is 13.2 Å². The number of ether oxygens (including phenoxy) is 3. The number of carbonyl (C=O) groups excluding carboxylic acids is 3. The molecule has 1 unspecified atom stereocenters. The van der Waals surface area contributed by atoms with Gasteiger partial charge in [-0.15, -0.1) is 0 Å². The van der Waals surface area contributed by atoms with Crippen molar-refractivity contribution in [2.75, 3.05) is 13.2 Å². The van der Waals surface area contributed by atoms with E-state index in [9.17, 15) is 14.4 Å². The lowest BCUT2D eigenvalue weighted by atomic mass is 10.0. The van der Waals surface area contributed by atoms with Gasteiger partial charge >= 0.3 is 17.9 Å². The van der Waals surface area contributed by atoms with Gasteiger partial charge in [-0.05, 0) is 89.9 Å². The van der Waals surface area contributed by atoms with E-state index in [0.717, 1.165) is 103 Å². The Morgan fingerprint density at radius 2 is 0.514 bits per heavy atom. The molecule has 0 bridgehead atoms. The molecule has 406 valence electrons. The second-order valence-corrected chi connectivity index (χ2v) is 20.3. The van der Waals surface area contributed by atoms with Crippen molar-refractivity contribution in [1.82, 2.24) is 0 Å². The highest BCUT2D eigenvalue weighted by atomic mass is 16.6. The highest BCUT2D eigenvalue weighted by molar-refractivity contribution is 5.71. The molecule has 0 spiro atoms. The Labute approximate surface area is 434 Å². The van der Waals surface area contributed by atoms with Crippen LogP contribution in [-0.2, 0) is 28.6 Å². The van der Waals surface area contributed by atoms with Crippen LogP contribution in [0, 0.1) is 0 Å². The number of hydrogen-bond donors (Lipinski definition) is 0. The Morgan fingerprint density at radius 1 is 0.286 bits per heavy atom. The molecule has 0 aromatic rings. The molecule has 0 aliphatic rings. The maximum Gasteiger partial charge on any atom is 0.306 e. The number of unbranched alkanes of at least 4 members (excludes halogenated alkanes) is 34. The summed E-state index contributed by atoms with van der Waals surface area (Å²) in [6, 6.07) is 0. The second-order valence-electron chi connectivity index (χ2n) is 20.3. The summed E-state index contributed by atoms with van der Waals surface area (Å²) in [5, 5.41) is 0. The van der Waals surface area contributed by atoms with Crippen LogP contribution in [0.5, 0.6) is 0 Å². The molecule has 0 fully saturated rings. The maximum absolute atomic E-state index is 12.9. The third-order valence-electron chi connectivity index (χ3n) is 13.2. The topological polar surface area (TPSA) is 78.9 Å². The van der Waals surface area contributed by atoms with Crippen LogP contribution in [0.25, 0.3) is 0 Å². The highest BCUT2D eigenvalue weighted by Gasteiger charge is 2.19. The molecule has 6 nitrogen and oxygen atoms in total. The summed E-state index contributed by atoms with van der Waals surface area (Å²) < 4.78 is 16.9. The molecular formula is C64H114O6. The zero-order valence-electron chi connectivity index (χ0n) is 46.5. The Morgan fingerprint density at radius 3 is 0.814 bits per heavy atom. The van der Waals surface area contributed by atoms with E-state index in [2.05, 4.69) is 81.5 Å². The first-order valence-corrected chi connectivity index (χ1v) is 30.3. The van der Waals surface area contributed by atoms with Crippen molar-refractivity contribution in [2.24, 2.45) is 0 Å². The smallest absolute Gasteiger partial charge is 0.306 e. The predicted octanol–water partition coefficient (Wildman–Crippen LogP) is 20.4. The molecule has 70 heavy (non-hydrogen) atoms. The molecule has 0 saturated carbocycles. The molecule has 0 heterocycles. The van der Waals surface area contributed by atoms with E-state index in [1.165, 1.54) is 167 Å². The Balaban J connectivity index is 4.34. The Bertz CT molecular complexity index is 1260. The number of hydrogen-bond acceptors (Lipinski definition) is 6. The van der Waals surface area contributed by atoms with Gasteiger partial charge in [-0.2, -0.15) is 0 Å². The summed E-state index contributed by atoms with van der Waals surface area (Å²) in [4.78, 5) is 38.2. The molecule has 1 atom stereocenters. The summed E-state index contributed by atoms with van der Waals surface area (Å²) in [7, 11) is 0. The average Bonchev–Trinajstić information content (AvgIpc) is 3.36. The number of rotatable bonds is 55. The predicted molar refractivity (Wildman–Crippen MR) is 302 cm³/mol. The van der Waals surface area contributed by atoms with Crippen molar-refractivity contribution in [3.05, 3.63) is 60.8 Å². The van der Waals surface area contributed by atoms with Crippen LogP contribution in [0.2, 0.25) is 0 Å². The third kappa shape index (κ3) is 56.0. The van der Waals surface area contributed by atoms with Crippen molar-refractivity contribution in [3.63, 3.8) is 0 Å². The molecular weight excluding hydrogens is 865 g/mol. The van der Waals surface area contributed by atoms with Gasteiger partial charge in [-0.25, -0.2) is 0 Å². The van der Waals surface area contributed by atoms with Crippen LogP contribution in [0.3, 0.4) is 0 Å². The summed E-state index contributed by atoms with van der Waals surface area (Å²) in [5.41, 5.74) is 0. The first kappa shape index (κ1) is 67.1. The lowest BCUT2D eigenvalue weighted by molar-refractivity contribution is -0.167. The number of allylic oxidation sites excluding steroid dienone is 10. The average molecular weight is 980 g/mol. The highest BCUT2D eigenvalue weighted by Crippen LogP contribution is 2.16. The van der Waals surface area contributed by atoms with E-state index in [4.69, 9.17) is 14.2 Å². The van der Waals surface area contributed by atoms with Gasteiger partial charge in [-0.1, -0.05) is 261 Å². The minimum Gasteiger partial charge on any atom is -0.462 e. The van der Waals surface area contributed by atoms with Crippen molar-refractivity contribution in [2.45, 2.75) is 316 Å². The van der Waals surface area contributed by atoms with Crippen LogP contribution < -0.4 is 0 Å². The Kier molecular flexibility index (Phi) is 56.3. The van der Waals surface area contributed by atoms with Crippen LogP contribution in [0.4, 0.5) is 0 Å². The van der Waals surface area contributed by atoms with Gasteiger partial charge in [0.25, 0.3) is 0 Å². The van der Waals surface area contributed by atoms with Gasteiger partial charge in [0.2, 0.25) is 0 Å². The van der Waals surface area contributed by atoms with Crippen LogP contribution in [0.1, 0.15) is 310 Å². The van der Waals surface area contributed by atoms with Crippen molar-refractivity contribution >= 4 is 17.9 Å². The molecule has 0 N–H and O–H groups in total. The number of carbonyl (C=O) groups is 3. The molecule has 0 aromatic carbocycles. The first-order valence-electron chi connectivity index (χ1n) is 30.3. The third-order valence-corrected chi connectivity index (χ3v) is 13.2. The van der Waals surface area contributed by atoms with Crippen LogP contribution >= 0.6 is 0 Å². The summed E-state index contributed by atoms with van der Waals surface area (Å²) in [6.07, 6.45) is 73.5. The Hall–Kier alpha value is -2.89. The van der Waals surface area contributed by atoms with E-state index in [0.29, 0.717) is 19.3 Å².